The molecule has 25 heavy (non-hydrogen) atoms. The van der Waals surface area contributed by atoms with Gasteiger partial charge in [0.05, 0.1) is 7.11 Å². The number of benzene rings is 2. The maximum atomic E-state index is 12.9. The van der Waals surface area contributed by atoms with Gasteiger partial charge in [-0.25, -0.2) is 4.39 Å². The number of methoxy groups -OCH3 is 1. The number of carbonyl (C=O) groups is 1. The Balaban J connectivity index is 1.47. The van der Waals surface area contributed by atoms with Gasteiger partial charge >= 0.3 is 0 Å². The number of hydrogen-bond donors (Lipinski definition) is 0. The molecule has 2 aromatic rings. The van der Waals surface area contributed by atoms with Gasteiger partial charge in [0.15, 0.2) is 0 Å². The van der Waals surface area contributed by atoms with Crippen LogP contribution in [0, 0.1) is 5.82 Å². The van der Waals surface area contributed by atoms with Gasteiger partial charge in [-0.2, -0.15) is 0 Å². The summed E-state index contributed by atoms with van der Waals surface area (Å²) in [5.74, 6) is 0.623. The second-order valence-corrected chi connectivity index (χ2v) is 6.24. The average Bonchev–Trinajstić information content (AvgIpc) is 2.67. The van der Waals surface area contributed by atoms with Crippen LogP contribution in [0.2, 0.25) is 0 Å². The van der Waals surface area contributed by atoms with E-state index in [0.29, 0.717) is 5.56 Å². The molecular weight excluding hydrogens is 319 g/mol. The zero-order chi connectivity index (χ0) is 17.6. The third-order valence-electron chi connectivity index (χ3n) is 4.63. The Hall–Kier alpha value is -2.40. The van der Waals surface area contributed by atoms with Crippen LogP contribution in [0.1, 0.15) is 15.9 Å². The average molecular weight is 342 g/mol. The van der Waals surface area contributed by atoms with Gasteiger partial charge in [-0.15, -0.1) is 0 Å². The molecule has 0 aromatic heterocycles. The van der Waals surface area contributed by atoms with E-state index < -0.39 is 0 Å². The molecule has 4 nitrogen and oxygen atoms in total. The molecule has 1 aliphatic heterocycles. The van der Waals surface area contributed by atoms with Gasteiger partial charge in [-0.05, 0) is 48.4 Å². The first-order valence-corrected chi connectivity index (χ1v) is 8.56. The summed E-state index contributed by atoms with van der Waals surface area (Å²) >= 11 is 0. The van der Waals surface area contributed by atoms with Crippen molar-refractivity contribution in [1.29, 1.82) is 0 Å². The molecule has 132 valence electrons. The number of rotatable bonds is 5. The molecule has 0 unspecified atom stereocenters. The fourth-order valence-corrected chi connectivity index (χ4v) is 3.03. The van der Waals surface area contributed by atoms with Crippen molar-refractivity contribution in [2.24, 2.45) is 0 Å². The van der Waals surface area contributed by atoms with E-state index in [0.717, 1.165) is 50.5 Å². The predicted molar refractivity (Wildman–Crippen MR) is 95.4 cm³/mol. The first kappa shape index (κ1) is 17.4. The van der Waals surface area contributed by atoms with Crippen molar-refractivity contribution in [1.82, 2.24) is 9.80 Å². The lowest BCUT2D eigenvalue weighted by molar-refractivity contribution is 0.0638. The van der Waals surface area contributed by atoms with Gasteiger partial charge in [0.25, 0.3) is 5.91 Å². The molecule has 1 fully saturated rings. The number of piperazine rings is 1. The Kier molecular flexibility index (Phi) is 5.66. The minimum atomic E-state index is -0.200. The highest BCUT2D eigenvalue weighted by molar-refractivity contribution is 5.94. The Morgan fingerprint density at radius 3 is 2.24 bits per heavy atom. The normalized spacial score (nSPS) is 15.2. The van der Waals surface area contributed by atoms with Gasteiger partial charge in [-0.1, -0.05) is 12.1 Å². The van der Waals surface area contributed by atoms with E-state index in [1.54, 1.807) is 7.11 Å². The lowest BCUT2D eigenvalue weighted by Gasteiger charge is -2.34. The molecule has 1 saturated heterocycles. The van der Waals surface area contributed by atoms with Crippen LogP contribution in [-0.2, 0) is 6.42 Å². The second-order valence-electron chi connectivity index (χ2n) is 6.24. The Morgan fingerprint density at radius 1 is 1.00 bits per heavy atom. The van der Waals surface area contributed by atoms with Gasteiger partial charge in [0.2, 0.25) is 0 Å². The highest BCUT2D eigenvalue weighted by Crippen LogP contribution is 2.14. The number of carbonyl (C=O) groups excluding carboxylic acids is 1. The molecule has 0 aliphatic carbocycles. The summed E-state index contributed by atoms with van der Waals surface area (Å²) in [4.78, 5) is 16.8. The molecule has 2 aromatic carbocycles. The van der Waals surface area contributed by atoms with E-state index in [4.69, 9.17) is 4.74 Å². The van der Waals surface area contributed by atoms with E-state index in [1.807, 2.05) is 41.3 Å². The molecule has 5 heteroatoms. The van der Waals surface area contributed by atoms with Crippen molar-refractivity contribution in [2.75, 3.05) is 39.8 Å². The third kappa shape index (κ3) is 4.57. The van der Waals surface area contributed by atoms with Crippen LogP contribution in [-0.4, -0.2) is 55.5 Å². The maximum Gasteiger partial charge on any atom is 0.253 e. The van der Waals surface area contributed by atoms with Gasteiger partial charge in [0.1, 0.15) is 11.6 Å². The fourth-order valence-electron chi connectivity index (χ4n) is 3.03. The molecule has 1 heterocycles. The number of nitrogens with zero attached hydrogens (tertiary/aromatic N) is 2. The molecule has 1 aliphatic rings. The molecule has 0 atom stereocenters. The lowest BCUT2D eigenvalue weighted by atomic mass is 10.1. The highest BCUT2D eigenvalue weighted by atomic mass is 19.1. The van der Waals surface area contributed by atoms with E-state index in [9.17, 15) is 9.18 Å². The molecule has 0 N–H and O–H groups in total. The molecule has 1 amide bonds. The summed E-state index contributed by atoms with van der Waals surface area (Å²) < 4.78 is 18.1. The highest BCUT2D eigenvalue weighted by Gasteiger charge is 2.21. The van der Waals surface area contributed by atoms with Crippen molar-refractivity contribution < 1.29 is 13.9 Å². The largest absolute Gasteiger partial charge is 0.497 e. The fraction of sp³-hybridized carbons (Fsp3) is 0.350. The van der Waals surface area contributed by atoms with Crippen LogP contribution in [0.25, 0.3) is 0 Å². The van der Waals surface area contributed by atoms with Gasteiger partial charge in [0, 0.05) is 38.3 Å². The summed E-state index contributed by atoms with van der Waals surface area (Å²) in [6.45, 7) is 4.12. The molecular formula is C20H23FN2O2. The summed E-state index contributed by atoms with van der Waals surface area (Å²) in [5, 5.41) is 0. The van der Waals surface area contributed by atoms with Crippen LogP contribution in [0.15, 0.2) is 48.5 Å². The molecule has 0 radical (unpaired) electrons. The van der Waals surface area contributed by atoms with Crippen LogP contribution < -0.4 is 4.74 Å². The number of amides is 1. The Morgan fingerprint density at radius 2 is 1.64 bits per heavy atom. The zero-order valence-electron chi connectivity index (χ0n) is 14.5. The summed E-state index contributed by atoms with van der Waals surface area (Å²) in [5.41, 5.74) is 1.83. The van der Waals surface area contributed by atoms with E-state index in [2.05, 4.69) is 4.90 Å². The first-order chi connectivity index (χ1) is 12.2. The second kappa shape index (κ2) is 8.12. The zero-order valence-corrected chi connectivity index (χ0v) is 14.5. The molecule has 0 spiro atoms. The summed E-state index contributed by atoms with van der Waals surface area (Å²) in [7, 11) is 1.61. The first-order valence-electron chi connectivity index (χ1n) is 8.56. The van der Waals surface area contributed by atoms with Crippen molar-refractivity contribution in [3.63, 3.8) is 0 Å². The van der Waals surface area contributed by atoms with Gasteiger partial charge in [-0.3, -0.25) is 9.69 Å². The Labute approximate surface area is 147 Å². The van der Waals surface area contributed by atoms with Gasteiger partial charge < -0.3 is 9.64 Å². The van der Waals surface area contributed by atoms with E-state index in [-0.39, 0.29) is 11.7 Å². The van der Waals surface area contributed by atoms with Crippen LogP contribution >= 0.6 is 0 Å². The molecule has 3 rings (SSSR count). The quantitative estimate of drug-likeness (QED) is 0.838. The van der Waals surface area contributed by atoms with E-state index in [1.165, 1.54) is 12.1 Å². The minimum Gasteiger partial charge on any atom is -0.497 e. The standard InChI is InChI=1S/C20H23FN2O2/c1-25-19-8-4-17(5-9-19)20(24)23-14-12-22(13-15-23)11-10-16-2-6-18(21)7-3-16/h2-9H,10-15H2,1H3. The predicted octanol–water partition coefficient (Wildman–Crippen LogP) is 2.83. The summed E-state index contributed by atoms with van der Waals surface area (Å²) in [6.07, 6.45) is 0.896. The monoisotopic (exact) mass is 342 g/mol. The summed E-state index contributed by atoms with van der Waals surface area (Å²) in [6, 6.07) is 13.9. The molecule has 0 bridgehead atoms. The SMILES string of the molecule is COc1ccc(C(=O)N2CCN(CCc3ccc(F)cc3)CC2)cc1. The maximum absolute atomic E-state index is 12.9. The third-order valence-corrected chi connectivity index (χ3v) is 4.63. The van der Waals surface area contributed by atoms with E-state index >= 15 is 0 Å². The number of ether oxygens (including phenoxy) is 1. The van der Waals surface area contributed by atoms with Crippen LogP contribution in [0.3, 0.4) is 0 Å². The Bertz CT molecular complexity index is 693. The lowest BCUT2D eigenvalue weighted by Crippen LogP contribution is -2.49. The number of hydrogen-bond acceptors (Lipinski definition) is 3. The van der Waals surface area contributed by atoms with Crippen molar-refractivity contribution in [3.05, 3.63) is 65.5 Å². The minimum absolute atomic E-state index is 0.0702. The topological polar surface area (TPSA) is 32.8 Å². The van der Waals surface area contributed by atoms with Crippen LogP contribution in [0.4, 0.5) is 4.39 Å². The smallest absolute Gasteiger partial charge is 0.253 e. The van der Waals surface area contributed by atoms with Crippen molar-refractivity contribution in [2.45, 2.75) is 6.42 Å². The molecule has 0 saturated carbocycles. The van der Waals surface area contributed by atoms with Crippen LogP contribution in [0.5, 0.6) is 5.75 Å². The van der Waals surface area contributed by atoms with Crippen molar-refractivity contribution >= 4 is 5.91 Å². The van der Waals surface area contributed by atoms with Crippen molar-refractivity contribution in [3.8, 4) is 5.75 Å². The number of halogens is 1.